The summed E-state index contributed by atoms with van der Waals surface area (Å²) in [5, 5.41) is 2.52. The fraction of sp³-hybridized carbons (Fsp3) is 0.348. The Kier molecular flexibility index (Phi) is 9.34. The molecule has 9 heteroatoms. The summed E-state index contributed by atoms with van der Waals surface area (Å²) in [6.45, 7) is 8.10. The van der Waals surface area contributed by atoms with Crippen molar-refractivity contribution in [3.05, 3.63) is 53.1 Å². The molecule has 2 aromatic carbocycles. The Labute approximate surface area is 187 Å². The van der Waals surface area contributed by atoms with Crippen molar-refractivity contribution in [2.24, 2.45) is 0 Å². The number of carbonyl (C=O) groups excluding carboxylic acids is 3. The lowest BCUT2D eigenvalue weighted by Crippen LogP contribution is -2.46. The van der Waals surface area contributed by atoms with Gasteiger partial charge in [0.25, 0.3) is 17.7 Å². The number of hydrogen-bond acceptors (Lipinski definition) is 6. The van der Waals surface area contributed by atoms with E-state index in [9.17, 15) is 14.4 Å². The summed E-state index contributed by atoms with van der Waals surface area (Å²) in [6, 6.07) is 10.1. The molecule has 0 bridgehead atoms. The third-order valence-electron chi connectivity index (χ3n) is 4.29. The maximum atomic E-state index is 12.6. The maximum Gasteiger partial charge on any atom is 0.269 e. The van der Waals surface area contributed by atoms with Crippen molar-refractivity contribution in [1.82, 2.24) is 16.2 Å². The number of amides is 3. The van der Waals surface area contributed by atoms with Crippen LogP contribution in [0.25, 0.3) is 0 Å². The van der Waals surface area contributed by atoms with E-state index in [2.05, 4.69) is 16.2 Å². The molecule has 0 radical (unpaired) electrons. The molecular weight excluding hydrogens is 414 g/mol. The number of benzene rings is 2. The van der Waals surface area contributed by atoms with Crippen LogP contribution < -0.4 is 30.4 Å². The van der Waals surface area contributed by atoms with E-state index in [4.69, 9.17) is 14.2 Å². The van der Waals surface area contributed by atoms with Gasteiger partial charge >= 0.3 is 0 Å². The minimum absolute atomic E-state index is 0.213. The summed E-state index contributed by atoms with van der Waals surface area (Å²) in [5.41, 5.74) is 6.09. The highest BCUT2D eigenvalue weighted by molar-refractivity contribution is 5.99. The summed E-state index contributed by atoms with van der Waals surface area (Å²) < 4.78 is 16.8. The van der Waals surface area contributed by atoms with E-state index in [-0.39, 0.29) is 18.0 Å². The minimum atomic E-state index is -0.582. The van der Waals surface area contributed by atoms with Gasteiger partial charge in [0.1, 0.15) is 0 Å². The molecule has 9 nitrogen and oxygen atoms in total. The number of aryl methyl sites for hydroxylation is 1. The van der Waals surface area contributed by atoms with Crippen LogP contribution in [0.3, 0.4) is 0 Å². The quantitative estimate of drug-likeness (QED) is 0.486. The van der Waals surface area contributed by atoms with Gasteiger partial charge in [-0.05, 0) is 51.5 Å². The number of carbonyl (C=O) groups is 3. The first kappa shape index (κ1) is 24.5. The Morgan fingerprint density at radius 1 is 0.812 bits per heavy atom. The summed E-state index contributed by atoms with van der Waals surface area (Å²) >= 11 is 0. The average molecular weight is 444 g/mol. The van der Waals surface area contributed by atoms with Gasteiger partial charge in [-0.15, -0.1) is 0 Å². The number of ether oxygens (including phenoxy) is 3. The van der Waals surface area contributed by atoms with E-state index in [1.165, 1.54) is 12.1 Å². The van der Waals surface area contributed by atoms with Gasteiger partial charge in [0.05, 0.1) is 26.4 Å². The molecule has 0 aliphatic carbocycles. The van der Waals surface area contributed by atoms with Crippen LogP contribution >= 0.6 is 0 Å². The van der Waals surface area contributed by atoms with Gasteiger partial charge in [0.15, 0.2) is 11.5 Å². The lowest BCUT2D eigenvalue weighted by Gasteiger charge is -2.17. The molecule has 2 rings (SSSR count). The first-order chi connectivity index (χ1) is 15.4. The molecule has 0 aromatic heterocycles. The molecule has 32 heavy (non-hydrogen) atoms. The van der Waals surface area contributed by atoms with Crippen molar-refractivity contribution >= 4 is 17.7 Å². The van der Waals surface area contributed by atoms with Crippen molar-refractivity contribution in [1.29, 1.82) is 0 Å². The van der Waals surface area contributed by atoms with E-state index in [1.807, 2.05) is 26.8 Å². The van der Waals surface area contributed by atoms with E-state index < -0.39 is 11.8 Å². The summed E-state index contributed by atoms with van der Waals surface area (Å²) in [5.74, 6) is -0.395. The normalized spacial score (nSPS) is 10.1. The van der Waals surface area contributed by atoms with E-state index in [0.717, 1.165) is 5.56 Å². The highest BCUT2D eigenvalue weighted by Crippen LogP contribution is 2.39. The molecule has 0 fully saturated rings. The fourth-order valence-corrected chi connectivity index (χ4v) is 2.85. The smallest absolute Gasteiger partial charge is 0.269 e. The predicted molar refractivity (Wildman–Crippen MR) is 119 cm³/mol. The summed E-state index contributed by atoms with van der Waals surface area (Å²) in [4.78, 5) is 36.8. The van der Waals surface area contributed by atoms with Crippen LogP contribution in [0.5, 0.6) is 17.2 Å². The Bertz CT molecular complexity index is 933. The van der Waals surface area contributed by atoms with Gasteiger partial charge in [0.2, 0.25) is 5.75 Å². The SMILES string of the molecule is CCOc1cc(C(=O)NNC(=O)CNC(=O)c2ccccc2C)cc(OCC)c1OCC. The van der Waals surface area contributed by atoms with Gasteiger partial charge < -0.3 is 19.5 Å². The van der Waals surface area contributed by atoms with Crippen LogP contribution in [-0.4, -0.2) is 44.1 Å². The highest BCUT2D eigenvalue weighted by Gasteiger charge is 2.19. The number of hydrazine groups is 1. The van der Waals surface area contributed by atoms with E-state index in [1.54, 1.807) is 25.1 Å². The molecule has 0 atom stereocenters. The molecule has 0 spiro atoms. The van der Waals surface area contributed by atoms with Crippen LogP contribution in [0.2, 0.25) is 0 Å². The number of rotatable bonds is 10. The van der Waals surface area contributed by atoms with Crippen LogP contribution in [0, 0.1) is 6.92 Å². The molecule has 3 amide bonds. The Morgan fingerprint density at radius 2 is 1.41 bits per heavy atom. The zero-order valence-corrected chi connectivity index (χ0v) is 18.7. The van der Waals surface area contributed by atoms with Crippen LogP contribution in [0.1, 0.15) is 47.1 Å². The molecule has 2 aromatic rings. The Balaban J connectivity index is 2.01. The first-order valence-corrected chi connectivity index (χ1v) is 10.4. The average Bonchev–Trinajstić information content (AvgIpc) is 2.78. The van der Waals surface area contributed by atoms with Crippen molar-refractivity contribution in [2.75, 3.05) is 26.4 Å². The van der Waals surface area contributed by atoms with E-state index in [0.29, 0.717) is 42.6 Å². The van der Waals surface area contributed by atoms with Gasteiger partial charge in [0, 0.05) is 11.1 Å². The lowest BCUT2D eigenvalue weighted by atomic mass is 10.1. The zero-order valence-electron chi connectivity index (χ0n) is 18.7. The van der Waals surface area contributed by atoms with Crippen LogP contribution in [0.4, 0.5) is 0 Å². The third-order valence-corrected chi connectivity index (χ3v) is 4.29. The van der Waals surface area contributed by atoms with Crippen LogP contribution in [0.15, 0.2) is 36.4 Å². The van der Waals surface area contributed by atoms with Gasteiger partial charge in [-0.2, -0.15) is 0 Å². The largest absolute Gasteiger partial charge is 0.490 e. The molecule has 0 aliphatic rings. The van der Waals surface area contributed by atoms with Crippen molar-refractivity contribution in [2.45, 2.75) is 27.7 Å². The van der Waals surface area contributed by atoms with Crippen molar-refractivity contribution in [3.63, 3.8) is 0 Å². The number of nitrogens with one attached hydrogen (secondary N) is 3. The predicted octanol–water partition coefficient (Wildman–Crippen LogP) is 2.38. The second-order valence-corrected chi connectivity index (χ2v) is 6.60. The first-order valence-electron chi connectivity index (χ1n) is 10.4. The fourth-order valence-electron chi connectivity index (χ4n) is 2.85. The molecule has 172 valence electrons. The van der Waals surface area contributed by atoms with Crippen molar-refractivity contribution in [3.8, 4) is 17.2 Å². The Morgan fingerprint density at radius 3 is 1.97 bits per heavy atom. The monoisotopic (exact) mass is 443 g/mol. The third kappa shape index (κ3) is 6.63. The van der Waals surface area contributed by atoms with Gasteiger partial charge in [-0.1, -0.05) is 18.2 Å². The molecule has 0 saturated heterocycles. The molecule has 3 N–H and O–H groups in total. The molecule has 0 heterocycles. The molecular formula is C23H29N3O6. The number of hydrogen-bond donors (Lipinski definition) is 3. The minimum Gasteiger partial charge on any atom is -0.490 e. The second-order valence-electron chi connectivity index (χ2n) is 6.60. The van der Waals surface area contributed by atoms with E-state index >= 15 is 0 Å². The standard InChI is InChI=1S/C23H29N3O6/c1-5-30-18-12-16(13-19(31-6-2)21(18)32-7-3)22(28)26-25-20(27)14-24-23(29)17-11-9-8-10-15(17)4/h8-13H,5-7,14H2,1-4H3,(H,24,29)(H,25,27)(H,26,28). The topological polar surface area (TPSA) is 115 Å². The van der Waals surface area contributed by atoms with Crippen LogP contribution in [-0.2, 0) is 4.79 Å². The summed E-state index contributed by atoms with van der Waals surface area (Å²) in [7, 11) is 0. The second kappa shape index (κ2) is 12.2. The molecule has 0 saturated carbocycles. The van der Waals surface area contributed by atoms with Gasteiger partial charge in [-0.25, -0.2) is 0 Å². The van der Waals surface area contributed by atoms with Gasteiger partial charge in [-0.3, -0.25) is 25.2 Å². The lowest BCUT2D eigenvalue weighted by molar-refractivity contribution is -0.120. The zero-order chi connectivity index (χ0) is 23.5. The Hall–Kier alpha value is -3.75. The highest BCUT2D eigenvalue weighted by atomic mass is 16.5. The molecule has 0 unspecified atom stereocenters. The molecule has 0 aliphatic heterocycles. The summed E-state index contributed by atoms with van der Waals surface area (Å²) in [6.07, 6.45) is 0. The van der Waals surface area contributed by atoms with Crippen molar-refractivity contribution < 1.29 is 28.6 Å². The maximum absolute atomic E-state index is 12.6.